The topological polar surface area (TPSA) is 49.4 Å². The van der Waals surface area contributed by atoms with E-state index in [1.165, 1.54) is 24.0 Å². The van der Waals surface area contributed by atoms with Crippen LogP contribution in [0.3, 0.4) is 0 Å². The Morgan fingerprint density at radius 3 is 2.18 bits per heavy atom. The lowest BCUT2D eigenvalue weighted by Crippen LogP contribution is -2.45. The molecule has 1 saturated carbocycles. The lowest BCUT2D eigenvalue weighted by molar-refractivity contribution is -0.140. The molecule has 2 aromatic rings. The van der Waals surface area contributed by atoms with E-state index in [4.69, 9.17) is 0 Å². The molecule has 3 aliphatic rings. The first-order valence-electron chi connectivity index (χ1n) is 11.3. The summed E-state index contributed by atoms with van der Waals surface area (Å²) in [7, 11) is -4.40. The number of nitrogens with one attached hydrogen (secondary N) is 1. The third kappa shape index (κ3) is 4.19. The molecular weight excluding hydrogens is 456 g/mol. The van der Waals surface area contributed by atoms with Crippen molar-refractivity contribution in [2.24, 2.45) is 5.41 Å². The van der Waals surface area contributed by atoms with Crippen LogP contribution in [0.25, 0.3) is 0 Å². The summed E-state index contributed by atoms with van der Waals surface area (Å²) < 4.78 is 81.1. The summed E-state index contributed by atoms with van der Waals surface area (Å²) in [6, 6.07) is 10.5. The molecule has 9 heteroatoms. The van der Waals surface area contributed by atoms with Crippen molar-refractivity contribution < 1.29 is 26.0 Å². The highest BCUT2D eigenvalue weighted by Gasteiger charge is 2.48. The van der Waals surface area contributed by atoms with Crippen molar-refractivity contribution in [1.82, 2.24) is 9.62 Å². The Labute approximate surface area is 191 Å². The molecule has 4 nitrogen and oxygen atoms in total. The van der Waals surface area contributed by atoms with Gasteiger partial charge in [0.25, 0.3) is 0 Å². The summed E-state index contributed by atoms with van der Waals surface area (Å²) >= 11 is 0. The minimum Gasteiger partial charge on any atom is -0.309 e. The third-order valence-electron chi connectivity index (χ3n) is 7.49. The Hall–Kier alpha value is -1.97. The van der Waals surface area contributed by atoms with E-state index in [-0.39, 0.29) is 30.6 Å². The van der Waals surface area contributed by atoms with Crippen molar-refractivity contribution in [3.63, 3.8) is 0 Å². The van der Waals surface area contributed by atoms with Gasteiger partial charge in [-0.25, -0.2) is 12.8 Å². The van der Waals surface area contributed by atoms with E-state index < -0.39 is 32.5 Å². The third-order valence-corrected chi connectivity index (χ3v) is 9.44. The van der Waals surface area contributed by atoms with Crippen LogP contribution in [0.4, 0.5) is 17.6 Å². The van der Waals surface area contributed by atoms with E-state index in [9.17, 15) is 26.0 Å². The number of rotatable bonds is 4. The van der Waals surface area contributed by atoms with Crippen LogP contribution in [0, 0.1) is 11.2 Å². The van der Waals surface area contributed by atoms with Gasteiger partial charge in [0.15, 0.2) is 0 Å². The zero-order valence-corrected chi connectivity index (χ0v) is 18.9. The molecule has 33 heavy (non-hydrogen) atoms. The minimum absolute atomic E-state index is 0.0900. The number of alkyl halides is 3. The Kier molecular flexibility index (Phi) is 5.57. The van der Waals surface area contributed by atoms with Crippen LogP contribution in [-0.4, -0.2) is 32.4 Å². The summed E-state index contributed by atoms with van der Waals surface area (Å²) in [5, 5.41) is 3.56. The maximum atomic E-state index is 13.5. The van der Waals surface area contributed by atoms with Crippen LogP contribution in [0.5, 0.6) is 0 Å². The van der Waals surface area contributed by atoms with E-state index >= 15 is 0 Å². The second-order valence-corrected chi connectivity index (χ2v) is 11.4. The van der Waals surface area contributed by atoms with Gasteiger partial charge in [-0.2, -0.15) is 17.5 Å². The number of hydrogen-bond acceptors (Lipinski definition) is 3. The van der Waals surface area contributed by atoms with Gasteiger partial charge in [0.2, 0.25) is 10.0 Å². The van der Waals surface area contributed by atoms with Crippen molar-refractivity contribution in [3.05, 3.63) is 65.0 Å². The Morgan fingerprint density at radius 1 is 0.939 bits per heavy atom. The molecule has 1 aliphatic carbocycles. The first-order chi connectivity index (χ1) is 15.6. The predicted octanol–water partition coefficient (Wildman–Crippen LogP) is 5.23. The standard InChI is InChI=1S/C24H26F4N2O2S/c25-19-7-8-21(20(15-19)24(26,27)28)33(31,32)30-13-10-23(11-14-30)9-12-29-22(23)18-5-3-17(4-6-18)16-1-2-16/h3-8,15-16,22,29H,1-2,9-14H2. The Balaban J connectivity index is 1.36. The summed E-state index contributed by atoms with van der Waals surface area (Å²) in [6.07, 6.45) is -0.499. The van der Waals surface area contributed by atoms with Gasteiger partial charge >= 0.3 is 6.18 Å². The van der Waals surface area contributed by atoms with Crippen LogP contribution in [0.1, 0.15) is 60.8 Å². The van der Waals surface area contributed by atoms with Crippen molar-refractivity contribution in [1.29, 1.82) is 0 Å². The van der Waals surface area contributed by atoms with Crippen molar-refractivity contribution in [3.8, 4) is 0 Å². The number of sulfonamides is 1. The molecule has 1 unspecified atom stereocenters. The largest absolute Gasteiger partial charge is 0.417 e. The van der Waals surface area contributed by atoms with Gasteiger partial charge in [-0.05, 0) is 79.3 Å². The highest BCUT2D eigenvalue weighted by atomic mass is 32.2. The molecule has 0 radical (unpaired) electrons. The molecule has 1 spiro atoms. The molecule has 2 heterocycles. The molecule has 0 amide bonds. The number of halogens is 4. The Bertz CT molecular complexity index is 1140. The normalized spacial score (nSPS) is 23.8. The molecular formula is C24H26F4N2O2S. The van der Waals surface area contributed by atoms with Gasteiger partial charge in [0.1, 0.15) is 5.82 Å². The second kappa shape index (κ2) is 8.06. The molecule has 2 saturated heterocycles. The SMILES string of the molecule is O=S(=O)(c1ccc(F)cc1C(F)(F)F)N1CCC2(CCNC2c2ccc(C3CC3)cc2)CC1. The van der Waals surface area contributed by atoms with E-state index in [2.05, 4.69) is 29.6 Å². The zero-order valence-electron chi connectivity index (χ0n) is 18.0. The van der Waals surface area contributed by atoms with Gasteiger partial charge in [0, 0.05) is 19.1 Å². The smallest absolute Gasteiger partial charge is 0.309 e. The van der Waals surface area contributed by atoms with Crippen LogP contribution < -0.4 is 5.32 Å². The summed E-state index contributed by atoms with van der Waals surface area (Å²) in [4.78, 5) is -0.885. The van der Waals surface area contributed by atoms with Gasteiger partial charge in [0.05, 0.1) is 10.5 Å². The highest BCUT2D eigenvalue weighted by molar-refractivity contribution is 7.89. The fourth-order valence-electron chi connectivity index (χ4n) is 5.47. The van der Waals surface area contributed by atoms with Gasteiger partial charge in [-0.1, -0.05) is 24.3 Å². The maximum absolute atomic E-state index is 13.5. The fourth-order valence-corrected chi connectivity index (χ4v) is 7.11. The molecule has 2 aliphatic heterocycles. The lowest BCUT2D eigenvalue weighted by atomic mass is 9.71. The van der Waals surface area contributed by atoms with Crippen molar-refractivity contribution in [2.75, 3.05) is 19.6 Å². The van der Waals surface area contributed by atoms with Gasteiger partial charge in [-0.15, -0.1) is 0 Å². The van der Waals surface area contributed by atoms with Crippen molar-refractivity contribution >= 4 is 10.0 Å². The fraction of sp³-hybridized carbons (Fsp3) is 0.500. The van der Waals surface area contributed by atoms with Gasteiger partial charge < -0.3 is 5.32 Å². The Morgan fingerprint density at radius 2 is 1.58 bits per heavy atom. The molecule has 1 atom stereocenters. The monoisotopic (exact) mass is 482 g/mol. The van der Waals surface area contributed by atoms with Crippen LogP contribution in [-0.2, 0) is 16.2 Å². The molecule has 0 aromatic heterocycles. The molecule has 2 aromatic carbocycles. The summed E-state index contributed by atoms with van der Waals surface area (Å²) in [6.45, 7) is 1.09. The molecule has 178 valence electrons. The molecule has 1 N–H and O–H groups in total. The van der Waals surface area contributed by atoms with Crippen LogP contribution in [0.15, 0.2) is 47.4 Å². The van der Waals surface area contributed by atoms with E-state index in [1.54, 1.807) is 0 Å². The van der Waals surface area contributed by atoms with Crippen molar-refractivity contribution in [2.45, 2.75) is 55.1 Å². The number of hydrogen-bond donors (Lipinski definition) is 1. The van der Waals surface area contributed by atoms with Gasteiger partial charge in [-0.3, -0.25) is 0 Å². The van der Waals surface area contributed by atoms with Crippen LogP contribution >= 0.6 is 0 Å². The van der Waals surface area contributed by atoms with E-state index in [0.29, 0.717) is 18.8 Å². The quantitative estimate of drug-likeness (QED) is 0.608. The minimum atomic E-state index is -4.96. The summed E-state index contributed by atoms with van der Waals surface area (Å²) in [5.74, 6) is -0.447. The molecule has 0 bridgehead atoms. The highest BCUT2D eigenvalue weighted by Crippen LogP contribution is 2.50. The molecule has 3 fully saturated rings. The van der Waals surface area contributed by atoms with E-state index in [0.717, 1.165) is 29.4 Å². The number of nitrogens with zero attached hydrogens (tertiary/aromatic N) is 1. The van der Waals surface area contributed by atoms with Crippen LogP contribution in [0.2, 0.25) is 0 Å². The average Bonchev–Trinajstić information content (AvgIpc) is 3.55. The first kappa shape index (κ1) is 22.8. The first-order valence-corrected chi connectivity index (χ1v) is 12.7. The molecule has 5 rings (SSSR count). The lowest BCUT2D eigenvalue weighted by Gasteiger charge is -2.42. The number of benzene rings is 2. The average molecular weight is 483 g/mol. The summed E-state index contributed by atoms with van der Waals surface area (Å²) in [5.41, 5.74) is 0.930. The number of piperidine rings is 1. The zero-order chi connectivity index (χ0) is 23.4. The van der Waals surface area contributed by atoms with E-state index in [1.807, 2.05) is 0 Å². The second-order valence-electron chi connectivity index (χ2n) is 9.48. The maximum Gasteiger partial charge on any atom is 0.417 e. The predicted molar refractivity (Wildman–Crippen MR) is 116 cm³/mol.